The first-order chi connectivity index (χ1) is 6.45. The predicted molar refractivity (Wildman–Crippen MR) is 57.9 cm³/mol. The molecule has 2 aromatic carbocycles. The molecule has 2 heteroatoms. The third-order valence-corrected chi connectivity index (χ3v) is 6.10. The van der Waals surface area contributed by atoms with Crippen LogP contribution in [0.2, 0.25) is 0 Å². The molecule has 0 aliphatic rings. The van der Waals surface area contributed by atoms with Gasteiger partial charge in [-0.15, -0.1) is 0 Å². The molecule has 0 aliphatic heterocycles. The number of hydrogen-bond donors (Lipinski definition) is 0. The molecule has 0 nitrogen and oxygen atoms in total. The molecule has 2 rings (SSSR count). The van der Waals surface area contributed by atoms with Gasteiger partial charge in [0.2, 0.25) is 0 Å². The Hall–Kier alpha value is 0.0531. The van der Waals surface area contributed by atoms with Gasteiger partial charge in [-0.25, -0.2) is 0 Å². The molecule has 0 amide bonds. The first kappa shape index (κ1) is 12.1. The molecule has 2 radical (unpaired) electrons. The van der Waals surface area contributed by atoms with Crippen LogP contribution in [0.25, 0.3) is 0 Å². The Balaban J connectivity index is 0.000000980. The van der Waals surface area contributed by atoms with E-state index in [1.807, 2.05) is 0 Å². The van der Waals surface area contributed by atoms with Gasteiger partial charge in [0.05, 0.1) is 0 Å². The van der Waals surface area contributed by atoms with Gasteiger partial charge in [-0.3, -0.25) is 0 Å². The van der Waals surface area contributed by atoms with Crippen molar-refractivity contribution in [1.29, 1.82) is 0 Å². The van der Waals surface area contributed by atoms with Crippen molar-refractivity contribution in [3.8, 4) is 0 Å². The van der Waals surface area contributed by atoms with Crippen LogP contribution in [-0.2, 0) is 0 Å². The summed E-state index contributed by atoms with van der Waals surface area (Å²) < 4.78 is 3.10. The van der Waals surface area contributed by atoms with Crippen molar-refractivity contribution in [2.75, 3.05) is 0 Å². The Morgan fingerprint density at radius 1 is 0.571 bits per heavy atom. The molecule has 0 saturated heterocycles. The Bertz CT molecular complexity index is 321. The van der Waals surface area contributed by atoms with Gasteiger partial charge in [0.15, 0.2) is 0 Å². The molecule has 0 aromatic heterocycles. The van der Waals surface area contributed by atoms with E-state index in [1.165, 1.54) is 0 Å². The summed E-state index contributed by atoms with van der Waals surface area (Å²) in [4.78, 5) is 0. The minimum absolute atomic E-state index is 0. The molecule has 0 spiro atoms. The zero-order valence-electron chi connectivity index (χ0n) is 7.60. The fourth-order valence-electron chi connectivity index (χ4n) is 1.15. The van der Waals surface area contributed by atoms with Gasteiger partial charge in [-0.05, 0) is 0 Å². The predicted octanol–water partition coefficient (Wildman–Crippen LogP) is -1.65. The van der Waals surface area contributed by atoms with Crippen molar-refractivity contribution < 1.29 is 24.0 Å². The molecule has 70 valence electrons. The normalized spacial score (nSPS) is 9.14. The summed E-state index contributed by atoms with van der Waals surface area (Å²) in [5.41, 5.74) is 0. The van der Waals surface area contributed by atoms with E-state index in [4.69, 9.17) is 0 Å². The van der Waals surface area contributed by atoms with Crippen molar-refractivity contribution in [2.45, 2.75) is 0 Å². The van der Waals surface area contributed by atoms with E-state index in [0.717, 1.165) is 0 Å². The van der Waals surface area contributed by atoms with Gasteiger partial charge < -0.3 is 24.0 Å². The second kappa shape index (κ2) is 6.52. The molecule has 0 N–H and O–H groups in total. The van der Waals surface area contributed by atoms with Crippen LogP contribution < -0.4 is 30.5 Å². The number of hydrogen-bond acceptors (Lipinski definition) is 0. The van der Waals surface area contributed by atoms with Gasteiger partial charge in [-0.1, -0.05) is 0 Å². The van der Waals surface area contributed by atoms with Gasteiger partial charge in [0.25, 0.3) is 0 Å². The Kier molecular flexibility index (Phi) is 5.65. The van der Waals surface area contributed by atoms with Crippen LogP contribution in [0, 0.1) is 0 Å². The molecule has 0 atom stereocenters. The van der Waals surface area contributed by atoms with Crippen molar-refractivity contribution in [3.05, 3.63) is 60.7 Å². The van der Waals surface area contributed by atoms with Crippen LogP contribution in [0.5, 0.6) is 0 Å². The van der Waals surface area contributed by atoms with E-state index < -0.39 is 23.2 Å². The zero-order chi connectivity index (χ0) is 8.93. The van der Waals surface area contributed by atoms with E-state index >= 15 is 0 Å². The molecule has 14 heavy (non-hydrogen) atoms. The van der Waals surface area contributed by atoms with Crippen molar-refractivity contribution >= 4 is 29.8 Å². The maximum absolute atomic E-state index is 2.24. The molecule has 0 saturated carbocycles. The fraction of sp³-hybridized carbons (Fsp3) is 0. The van der Waals surface area contributed by atoms with Crippen molar-refractivity contribution in [1.82, 2.24) is 0 Å². The molecular formula is C12H10BiI. The molecular weight excluding hydrogens is 480 g/mol. The van der Waals surface area contributed by atoms with Gasteiger partial charge in [0.1, 0.15) is 0 Å². The second-order valence-electron chi connectivity index (χ2n) is 2.78. The summed E-state index contributed by atoms with van der Waals surface area (Å²) in [5, 5.41) is 0. The molecule has 0 unspecified atom stereocenters. The quantitative estimate of drug-likeness (QED) is 0.350. The van der Waals surface area contributed by atoms with Crippen LogP contribution >= 0.6 is 0 Å². The second-order valence-corrected chi connectivity index (χ2v) is 7.67. The van der Waals surface area contributed by atoms with Crippen LogP contribution in [0.15, 0.2) is 60.7 Å². The SMILES string of the molecule is [I-].c1cc[c]([Bi+][c]2ccccc2)cc1. The third-order valence-electron chi connectivity index (χ3n) is 1.77. The first-order valence-electron chi connectivity index (χ1n) is 4.27. The average Bonchev–Trinajstić information content (AvgIpc) is 2.21. The summed E-state index contributed by atoms with van der Waals surface area (Å²) in [5.74, 6) is 0. The van der Waals surface area contributed by atoms with Crippen LogP contribution in [0.1, 0.15) is 0 Å². The van der Waals surface area contributed by atoms with Crippen molar-refractivity contribution in [3.63, 3.8) is 0 Å². The zero-order valence-corrected chi connectivity index (χ0v) is 13.2. The topological polar surface area (TPSA) is 0 Å². The molecule has 2 aromatic rings. The Morgan fingerprint density at radius 2 is 0.929 bits per heavy atom. The van der Waals surface area contributed by atoms with E-state index in [2.05, 4.69) is 60.7 Å². The van der Waals surface area contributed by atoms with Gasteiger partial charge in [-0.2, -0.15) is 0 Å². The van der Waals surface area contributed by atoms with Gasteiger partial charge >= 0.3 is 90.4 Å². The summed E-state index contributed by atoms with van der Waals surface area (Å²) in [6, 6.07) is 21.6. The first-order valence-corrected chi connectivity index (χ1v) is 7.75. The number of benzene rings is 2. The van der Waals surface area contributed by atoms with E-state index in [-0.39, 0.29) is 24.0 Å². The average molecular weight is 490 g/mol. The Labute approximate surface area is 113 Å². The third kappa shape index (κ3) is 3.66. The van der Waals surface area contributed by atoms with Crippen LogP contribution in [0.3, 0.4) is 0 Å². The van der Waals surface area contributed by atoms with E-state index in [1.54, 1.807) is 6.54 Å². The summed E-state index contributed by atoms with van der Waals surface area (Å²) in [6.07, 6.45) is 0. The molecule has 0 fully saturated rings. The molecule has 0 heterocycles. The Morgan fingerprint density at radius 3 is 1.29 bits per heavy atom. The monoisotopic (exact) mass is 490 g/mol. The fourth-order valence-corrected chi connectivity index (χ4v) is 4.81. The van der Waals surface area contributed by atoms with Gasteiger partial charge in [0, 0.05) is 0 Å². The standard InChI is InChI=1S/2C6H5.Bi.HI/c2*1-2-4-6-5-3-1;;/h2*1-5H;;1H/q;;+1;/p-1. The van der Waals surface area contributed by atoms with E-state index in [0.29, 0.717) is 0 Å². The van der Waals surface area contributed by atoms with Crippen LogP contribution in [0.4, 0.5) is 0 Å². The summed E-state index contributed by atoms with van der Waals surface area (Å²) >= 11 is -0.613. The minimum atomic E-state index is -0.613. The number of rotatable bonds is 2. The van der Waals surface area contributed by atoms with Crippen LogP contribution in [-0.4, -0.2) is 23.2 Å². The summed E-state index contributed by atoms with van der Waals surface area (Å²) in [6.45, 7) is 0. The van der Waals surface area contributed by atoms with Crippen molar-refractivity contribution in [2.24, 2.45) is 0 Å². The molecule has 0 aliphatic carbocycles. The molecule has 0 bridgehead atoms. The number of halogens is 1. The van der Waals surface area contributed by atoms with E-state index in [9.17, 15) is 0 Å². The maximum atomic E-state index is 2.24. The summed E-state index contributed by atoms with van der Waals surface area (Å²) in [7, 11) is 0.